The van der Waals surface area contributed by atoms with Crippen LogP contribution in [0.3, 0.4) is 0 Å². The third-order valence-corrected chi connectivity index (χ3v) is 4.05. The smallest absolute Gasteiger partial charge is 0.288 e. The number of piperazine rings is 1. The largest absolute Gasteiger partial charge is 0.368 e. The van der Waals surface area contributed by atoms with E-state index in [9.17, 15) is 10.1 Å². The maximum Gasteiger partial charge on any atom is 0.288 e. The average Bonchev–Trinajstić information content (AvgIpc) is 2.55. The molecule has 1 saturated heterocycles. The van der Waals surface area contributed by atoms with Gasteiger partial charge in [-0.2, -0.15) is 0 Å². The monoisotopic (exact) mass is 318 g/mol. The molecule has 0 amide bonds. The van der Waals surface area contributed by atoms with Crippen LogP contribution < -0.4 is 9.80 Å². The maximum absolute atomic E-state index is 10.8. The first-order valence-corrected chi connectivity index (χ1v) is 7.38. The minimum Gasteiger partial charge on any atom is -0.368 e. The van der Waals surface area contributed by atoms with Gasteiger partial charge < -0.3 is 9.80 Å². The molecule has 0 spiro atoms. The van der Waals surface area contributed by atoms with Crippen molar-refractivity contribution >= 4 is 28.8 Å². The van der Waals surface area contributed by atoms with E-state index in [0.29, 0.717) is 0 Å². The lowest BCUT2D eigenvalue weighted by molar-refractivity contribution is -0.384. The summed E-state index contributed by atoms with van der Waals surface area (Å²) in [5, 5.41) is 11.0. The molecule has 22 heavy (non-hydrogen) atoms. The zero-order chi connectivity index (χ0) is 15.5. The van der Waals surface area contributed by atoms with Crippen molar-refractivity contribution in [3.05, 3.63) is 57.7 Å². The Labute approximate surface area is 133 Å². The van der Waals surface area contributed by atoms with Crippen molar-refractivity contribution in [2.45, 2.75) is 0 Å². The predicted octanol–water partition coefficient (Wildman–Crippen LogP) is 2.97. The van der Waals surface area contributed by atoms with E-state index >= 15 is 0 Å². The molecule has 1 aliphatic rings. The number of nitro benzene ring substituents is 1. The van der Waals surface area contributed by atoms with Gasteiger partial charge in [0.05, 0.1) is 4.92 Å². The molecular weight excluding hydrogens is 304 g/mol. The molecule has 2 aromatic rings. The van der Waals surface area contributed by atoms with Gasteiger partial charge >= 0.3 is 0 Å². The fourth-order valence-electron chi connectivity index (χ4n) is 2.58. The number of anilines is 2. The van der Waals surface area contributed by atoms with Crippen LogP contribution >= 0.6 is 11.6 Å². The second kappa shape index (κ2) is 6.19. The van der Waals surface area contributed by atoms with Crippen LogP contribution in [0.1, 0.15) is 0 Å². The summed E-state index contributed by atoms with van der Waals surface area (Å²) in [4.78, 5) is 19.1. The van der Waals surface area contributed by atoms with E-state index in [4.69, 9.17) is 11.6 Å². The molecule has 7 heteroatoms. The standard InChI is InChI=1S/C15H15ClN4O2/c16-13-11-12(4-5-14(13)20(21)22)18-7-9-19(10-8-18)15-3-1-2-6-17-15/h1-6,11H,7-10H2. The van der Waals surface area contributed by atoms with Crippen molar-refractivity contribution in [2.75, 3.05) is 36.0 Å². The van der Waals surface area contributed by atoms with Gasteiger partial charge in [-0.15, -0.1) is 0 Å². The van der Waals surface area contributed by atoms with Crippen LogP contribution in [0.15, 0.2) is 42.6 Å². The molecule has 2 heterocycles. The quantitative estimate of drug-likeness (QED) is 0.643. The second-order valence-electron chi connectivity index (χ2n) is 5.05. The molecule has 1 aromatic heterocycles. The number of aromatic nitrogens is 1. The van der Waals surface area contributed by atoms with E-state index in [1.54, 1.807) is 18.3 Å². The normalized spacial score (nSPS) is 15.0. The zero-order valence-electron chi connectivity index (χ0n) is 11.9. The van der Waals surface area contributed by atoms with Gasteiger partial charge in [0.1, 0.15) is 10.8 Å². The molecule has 1 aliphatic heterocycles. The van der Waals surface area contributed by atoms with Gasteiger partial charge in [-0.1, -0.05) is 17.7 Å². The van der Waals surface area contributed by atoms with Gasteiger partial charge in [0.15, 0.2) is 0 Å². The maximum atomic E-state index is 10.8. The molecule has 0 N–H and O–H groups in total. The zero-order valence-corrected chi connectivity index (χ0v) is 12.6. The van der Waals surface area contributed by atoms with Crippen LogP contribution in [0.5, 0.6) is 0 Å². The molecule has 1 aromatic carbocycles. The van der Waals surface area contributed by atoms with Gasteiger partial charge in [0, 0.05) is 44.1 Å². The Balaban J connectivity index is 1.69. The number of rotatable bonds is 3. The average molecular weight is 319 g/mol. The van der Waals surface area contributed by atoms with Crippen molar-refractivity contribution in [2.24, 2.45) is 0 Å². The van der Waals surface area contributed by atoms with Crippen LogP contribution in [0.2, 0.25) is 5.02 Å². The van der Waals surface area contributed by atoms with Gasteiger partial charge in [0.25, 0.3) is 5.69 Å². The van der Waals surface area contributed by atoms with Gasteiger partial charge in [-0.05, 0) is 24.3 Å². The fraction of sp³-hybridized carbons (Fsp3) is 0.267. The molecule has 3 rings (SSSR count). The Morgan fingerprint density at radius 3 is 2.41 bits per heavy atom. The second-order valence-corrected chi connectivity index (χ2v) is 5.46. The van der Waals surface area contributed by atoms with Crippen LogP contribution in [-0.4, -0.2) is 36.1 Å². The van der Waals surface area contributed by atoms with Crippen molar-refractivity contribution < 1.29 is 4.92 Å². The molecule has 0 bridgehead atoms. The van der Waals surface area contributed by atoms with Crippen molar-refractivity contribution in [1.29, 1.82) is 0 Å². The lowest BCUT2D eigenvalue weighted by Crippen LogP contribution is -2.46. The van der Waals surface area contributed by atoms with Gasteiger partial charge in [-0.25, -0.2) is 4.98 Å². The number of hydrogen-bond acceptors (Lipinski definition) is 5. The predicted molar refractivity (Wildman–Crippen MR) is 86.8 cm³/mol. The number of pyridine rings is 1. The minimum atomic E-state index is -0.467. The van der Waals surface area contributed by atoms with E-state index in [-0.39, 0.29) is 10.7 Å². The van der Waals surface area contributed by atoms with Crippen molar-refractivity contribution in [3.63, 3.8) is 0 Å². The van der Waals surface area contributed by atoms with E-state index in [1.807, 2.05) is 18.2 Å². The number of hydrogen-bond donors (Lipinski definition) is 0. The molecule has 0 radical (unpaired) electrons. The lowest BCUT2D eigenvalue weighted by atomic mass is 10.2. The van der Waals surface area contributed by atoms with Crippen LogP contribution in [0.4, 0.5) is 17.2 Å². The minimum absolute atomic E-state index is 0.0578. The highest BCUT2D eigenvalue weighted by Crippen LogP contribution is 2.29. The van der Waals surface area contributed by atoms with E-state index in [0.717, 1.165) is 37.7 Å². The highest BCUT2D eigenvalue weighted by molar-refractivity contribution is 6.32. The fourth-order valence-corrected chi connectivity index (χ4v) is 2.82. The summed E-state index contributed by atoms with van der Waals surface area (Å²) in [5.41, 5.74) is 0.855. The molecule has 0 aliphatic carbocycles. The molecular formula is C15H15ClN4O2. The molecule has 0 atom stereocenters. The number of nitrogens with zero attached hydrogens (tertiary/aromatic N) is 4. The van der Waals surface area contributed by atoms with Crippen LogP contribution in [0.25, 0.3) is 0 Å². The molecule has 0 saturated carbocycles. The van der Waals surface area contributed by atoms with Gasteiger partial charge in [-0.3, -0.25) is 10.1 Å². The van der Waals surface area contributed by atoms with Crippen molar-refractivity contribution in [3.8, 4) is 0 Å². The van der Waals surface area contributed by atoms with E-state index in [1.165, 1.54) is 6.07 Å². The number of nitro groups is 1. The Bertz CT molecular complexity index is 672. The van der Waals surface area contributed by atoms with Crippen LogP contribution in [-0.2, 0) is 0 Å². The number of benzene rings is 1. The topological polar surface area (TPSA) is 62.5 Å². The van der Waals surface area contributed by atoms with Crippen molar-refractivity contribution in [1.82, 2.24) is 4.98 Å². The first-order valence-electron chi connectivity index (χ1n) is 7.00. The Kier molecular flexibility index (Phi) is 4.11. The summed E-state index contributed by atoms with van der Waals surface area (Å²) < 4.78 is 0. The highest BCUT2D eigenvalue weighted by atomic mass is 35.5. The SMILES string of the molecule is O=[N+]([O-])c1ccc(N2CCN(c3ccccn3)CC2)cc1Cl. The Morgan fingerprint density at radius 1 is 1.09 bits per heavy atom. The summed E-state index contributed by atoms with van der Waals surface area (Å²) in [6, 6.07) is 10.8. The summed E-state index contributed by atoms with van der Waals surface area (Å²) in [5.74, 6) is 0.976. The van der Waals surface area contributed by atoms with Gasteiger partial charge in [0.2, 0.25) is 0 Å². The highest BCUT2D eigenvalue weighted by Gasteiger charge is 2.20. The third-order valence-electron chi connectivity index (χ3n) is 3.75. The first-order chi connectivity index (χ1) is 10.6. The molecule has 0 unspecified atom stereocenters. The van der Waals surface area contributed by atoms with Crippen LogP contribution in [0, 0.1) is 10.1 Å². The third kappa shape index (κ3) is 2.96. The summed E-state index contributed by atoms with van der Waals surface area (Å²) in [7, 11) is 0. The molecule has 6 nitrogen and oxygen atoms in total. The Morgan fingerprint density at radius 2 is 1.82 bits per heavy atom. The summed E-state index contributed by atoms with van der Waals surface area (Å²) in [6.07, 6.45) is 1.79. The lowest BCUT2D eigenvalue weighted by Gasteiger charge is -2.36. The Hall–Kier alpha value is -2.34. The number of halogens is 1. The summed E-state index contributed by atoms with van der Waals surface area (Å²) >= 11 is 5.98. The molecule has 1 fully saturated rings. The molecule has 114 valence electrons. The summed E-state index contributed by atoms with van der Waals surface area (Å²) in [6.45, 7) is 3.35. The first kappa shape index (κ1) is 14.6. The van der Waals surface area contributed by atoms with E-state index in [2.05, 4.69) is 14.8 Å². The van der Waals surface area contributed by atoms with E-state index < -0.39 is 4.92 Å².